The summed E-state index contributed by atoms with van der Waals surface area (Å²) < 4.78 is 58.3. The van der Waals surface area contributed by atoms with Gasteiger partial charge in [-0.2, -0.15) is 13.2 Å². The fourth-order valence-corrected chi connectivity index (χ4v) is 1.19. The van der Waals surface area contributed by atoms with Gasteiger partial charge in [0.05, 0.1) is 5.56 Å². The van der Waals surface area contributed by atoms with Gasteiger partial charge in [0.15, 0.2) is 5.78 Å². The lowest BCUT2D eigenvalue weighted by molar-refractivity contribution is -0.138. The van der Waals surface area contributed by atoms with Crippen LogP contribution in [0.5, 0.6) is 0 Å². The summed E-state index contributed by atoms with van der Waals surface area (Å²) in [6.07, 6.45) is -4.60. The predicted molar refractivity (Wildman–Crippen MR) is 46.2 cm³/mol. The van der Waals surface area contributed by atoms with Crippen LogP contribution in [0.3, 0.4) is 0 Å². The molecule has 0 aliphatic rings. The summed E-state index contributed by atoms with van der Waals surface area (Å²) >= 11 is 0. The first-order chi connectivity index (χ1) is 7.55. The van der Waals surface area contributed by atoms with Crippen LogP contribution in [0.25, 0.3) is 0 Å². The lowest BCUT2D eigenvalue weighted by atomic mass is 10.00. The van der Waals surface area contributed by atoms with Crippen molar-refractivity contribution in [2.24, 2.45) is 0 Å². The van der Waals surface area contributed by atoms with Gasteiger partial charge in [-0.05, 0) is 25.4 Å². The van der Waals surface area contributed by atoms with Crippen LogP contribution in [0.15, 0.2) is 18.2 Å². The Labute approximate surface area is 83.8 Å². The monoisotopic (exact) mass is 205 g/mol. The largest absolute Gasteiger partial charge is 0.416 e. The fraction of sp³-hybridized carbons (Fsp3) is 0.300. The van der Waals surface area contributed by atoms with Crippen LogP contribution in [-0.2, 0) is 6.18 Å². The van der Waals surface area contributed by atoms with Crippen LogP contribution in [0, 0.1) is 6.92 Å². The Morgan fingerprint density at radius 2 is 2.07 bits per heavy atom. The maximum atomic E-state index is 12.5. The fourth-order valence-electron chi connectivity index (χ4n) is 1.19. The molecule has 0 aliphatic heterocycles. The highest BCUT2D eigenvalue weighted by Crippen LogP contribution is 2.32. The normalized spacial score (nSPS) is 15.6. The molecule has 0 heterocycles. The van der Waals surface area contributed by atoms with Crippen molar-refractivity contribution in [2.75, 3.05) is 0 Å². The molecular formula is C10H9F3O. The van der Waals surface area contributed by atoms with E-state index in [1.807, 2.05) is 0 Å². The average Bonchev–Trinajstić information content (AvgIpc) is 2.13. The van der Waals surface area contributed by atoms with Crippen LogP contribution in [0.2, 0.25) is 0 Å². The van der Waals surface area contributed by atoms with Gasteiger partial charge >= 0.3 is 6.18 Å². The molecule has 0 saturated heterocycles. The van der Waals surface area contributed by atoms with E-state index in [1.165, 1.54) is 0 Å². The van der Waals surface area contributed by atoms with Crippen molar-refractivity contribution in [3.8, 4) is 0 Å². The van der Waals surface area contributed by atoms with E-state index in [4.69, 9.17) is 4.11 Å². The van der Waals surface area contributed by atoms with Crippen LogP contribution in [0.1, 0.15) is 32.4 Å². The smallest absolute Gasteiger partial charge is 0.295 e. The van der Waals surface area contributed by atoms with E-state index in [0.717, 1.165) is 25.1 Å². The Hall–Kier alpha value is -1.32. The third-order valence-corrected chi connectivity index (χ3v) is 1.88. The summed E-state index contributed by atoms with van der Waals surface area (Å²) in [5.74, 6) is -1.28. The number of hydrogen-bond acceptors (Lipinski definition) is 1. The Morgan fingerprint density at radius 1 is 1.43 bits per heavy atom. The van der Waals surface area contributed by atoms with Crippen molar-refractivity contribution in [3.63, 3.8) is 0 Å². The molecule has 0 saturated carbocycles. The van der Waals surface area contributed by atoms with Crippen molar-refractivity contribution in [1.29, 1.82) is 0 Å². The molecule has 1 rings (SSSR count). The maximum Gasteiger partial charge on any atom is 0.416 e. The molecule has 0 N–H and O–H groups in total. The van der Waals surface area contributed by atoms with Gasteiger partial charge in [0.1, 0.15) is 0 Å². The molecule has 0 atom stereocenters. The number of benzene rings is 1. The molecule has 0 aromatic heterocycles. The molecular weight excluding hydrogens is 193 g/mol. The quantitative estimate of drug-likeness (QED) is 0.643. The van der Waals surface area contributed by atoms with E-state index in [0.29, 0.717) is 0 Å². The maximum absolute atomic E-state index is 12.5. The first-order valence-electron chi connectivity index (χ1n) is 5.27. The molecule has 0 fully saturated rings. The number of Topliss-reactive ketones (excluding diaryl/α,β-unsaturated/α-hetero) is 1. The number of carbonyl (C=O) groups excluding carboxylic acids is 1. The van der Waals surface area contributed by atoms with E-state index >= 15 is 0 Å². The Balaban J connectivity index is 3.35. The van der Waals surface area contributed by atoms with Crippen LogP contribution in [-0.4, -0.2) is 5.78 Å². The van der Waals surface area contributed by atoms with Gasteiger partial charge in [-0.25, -0.2) is 0 Å². The molecule has 0 spiro atoms. The Kier molecular flexibility index (Phi) is 1.73. The van der Waals surface area contributed by atoms with Gasteiger partial charge in [0.2, 0.25) is 0 Å². The van der Waals surface area contributed by atoms with E-state index < -0.39 is 29.9 Å². The number of carbonyl (C=O) groups is 1. The summed E-state index contributed by atoms with van der Waals surface area (Å²) in [4.78, 5) is 11.4. The van der Waals surface area contributed by atoms with Crippen LogP contribution >= 0.6 is 0 Å². The molecule has 0 aliphatic carbocycles. The standard InChI is InChI=1S/C10H9F3O/c1-6-8(7(2)14)4-3-5-9(6)10(11,12)13/h3-5H,1-2H3/i2D3. The molecule has 0 amide bonds. The van der Waals surface area contributed by atoms with Crippen LogP contribution in [0.4, 0.5) is 13.2 Å². The van der Waals surface area contributed by atoms with E-state index in [-0.39, 0.29) is 5.56 Å². The third kappa shape index (κ3) is 1.95. The first-order valence-corrected chi connectivity index (χ1v) is 3.77. The van der Waals surface area contributed by atoms with Gasteiger partial charge < -0.3 is 0 Å². The Bertz CT molecular complexity index is 449. The summed E-state index contributed by atoms with van der Waals surface area (Å²) in [7, 11) is 0. The van der Waals surface area contributed by atoms with Crippen LogP contribution < -0.4 is 0 Å². The molecule has 14 heavy (non-hydrogen) atoms. The second-order valence-corrected chi connectivity index (χ2v) is 2.81. The topological polar surface area (TPSA) is 17.1 Å². The molecule has 0 bridgehead atoms. The minimum atomic E-state index is -4.60. The summed E-state index contributed by atoms with van der Waals surface area (Å²) in [5.41, 5.74) is -1.77. The molecule has 0 radical (unpaired) electrons. The second-order valence-electron chi connectivity index (χ2n) is 2.81. The molecule has 0 unspecified atom stereocenters. The molecule has 1 aromatic carbocycles. The van der Waals surface area contributed by atoms with E-state index in [1.54, 1.807) is 0 Å². The second kappa shape index (κ2) is 3.44. The number of ketones is 1. The minimum absolute atomic E-state index is 0.360. The number of rotatable bonds is 1. The van der Waals surface area contributed by atoms with E-state index in [9.17, 15) is 18.0 Å². The van der Waals surface area contributed by atoms with Crippen molar-refractivity contribution in [1.82, 2.24) is 0 Å². The van der Waals surface area contributed by atoms with E-state index in [2.05, 4.69) is 0 Å². The third-order valence-electron chi connectivity index (χ3n) is 1.88. The van der Waals surface area contributed by atoms with Crippen molar-refractivity contribution < 1.29 is 22.1 Å². The van der Waals surface area contributed by atoms with Crippen molar-refractivity contribution >= 4 is 5.78 Å². The highest BCUT2D eigenvalue weighted by Gasteiger charge is 2.33. The zero-order chi connectivity index (χ0) is 13.4. The predicted octanol–water partition coefficient (Wildman–Crippen LogP) is 3.22. The lowest BCUT2D eigenvalue weighted by Gasteiger charge is -2.11. The summed E-state index contributed by atoms with van der Waals surface area (Å²) in [5, 5.41) is 0. The first kappa shape index (κ1) is 7.04. The zero-order valence-electron chi connectivity index (χ0n) is 10.3. The minimum Gasteiger partial charge on any atom is -0.295 e. The molecule has 4 heteroatoms. The average molecular weight is 205 g/mol. The van der Waals surface area contributed by atoms with Gasteiger partial charge in [-0.15, -0.1) is 0 Å². The number of alkyl halides is 3. The van der Waals surface area contributed by atoms with Gasteiger partial charge in [-0.1, -0.05) is 12.1 Å². The number of halogens is 3. The molecule has 1 nitrogen and oxygen atoms in total. The summed E-state index contributed by atoms with van der Waals surface area (Å²) in [6.45, 7) is -1.85. The summed E-state index contributed by atoms with van der Waals surface area (Å²) in [6, 6.07) is 2.92. The van der Waals surface area contributed by atoms with Gasteiger partial charge in [0, 0.05) is 9.68 Å². The van der Waals surface area contributed by atoms with Gasteiger partial charge in [0.25, 0.3) is 0 Å². The van der Waals surface area contributed by atoms with Gasteiger partial charge in [-0.3, -0.25) is 4.79 Å². The van der Waals surface area contributed by atoms with Crippen molar-refractivity contribution in [2.45, 2.75) is 20.0 Å². The number of hydrogen-bond donors (Lipinski definition) is 0. The molecule has 76 valence electrons. The lowest BCUT2D eigenvalue weighted by Crippen LogP contribution is -2.10. The zero-order valence-corrected chi connectivity index (χ0v) is 7.27. The van der Waals surface area contributed by atoms with Crippen molar-refractivity contribution in [3.05, 3.63) is 34.9 Å². The molecule has 1 aromatic rings. The highest BCUT2D eigenvalue weighted by molar-refractivity contribution is 5.95. The Morgan fingerprint density at radius 3 is 2.57 bits per heavy atom. The SMILES string of the molecule is [2H]C([2H])([2H])C(=O)c1cccc(C(F)(F)F)c1C. The highest BCUT2D eigenvalue weighted by atomic mass is 19.4.